The Hall–Kier alpha value is -2.04. The molecule has 3 rings (SSSR count). The maximum atomic E-state index is 12.8. The largest absolute Gasteiger partial charge is 0.492 e. The van der Waals surface area contributed by atoms with E-state index in [9.17, 15) is 4.79 Å². The molecule has 0 saturated heterocycles. The molecular formula is C21H22ClNO2S. The van der Waals surface area contributed by atoms with Crippen LogP contribution in [0.15, 0.2) is 42.5 Å². The second-order valence-electron chi connectivity index (χ2n) is 7.09. The number of carbonyl (C=O) groups excluding carboxylic acids is 1. The quantitative estimate of drug-likeness (QED) is 0.554. The van der Waals surface area contributed by atoms with Crippen LogP contribution in [0.4, 0.5) is 5.69 Å². The normalized spacial score (nSPS) is 11.6. The molecule has 3 nitrogen and oxygen atoms in total. The van der Waals surface area contributed by atoms with Gasteiger partial charge in [-0.25, -0.2) is 0 Å². The van der Waals surface area contributed by atoms with Gasteiger partial charge in [0, 0.05) is 10.1 Å². The van der Waals surface area contributed by atoms with Crippen molar-refractivity contribution in [3.8, 4) is 5.75 Å². The van der Waals surface area contributed by atoms with E-state index in [4.69, 9.17) is 16.3 Å². The molecule has 0 fully saturated rings. The molecule has 0 aliphatic carbocycles. The average Bonchev–Trinajstić information content (AvgIpc) is 2.92. The van der Waals surface area contributed by atoms with Gasteiger partial charge in [-0.05, 0) is 36.1 Å². The molecule has 0 aliphatic heterocycles. The molecule has 0 saturated carbocycles. The highest BCUT2D eigenvalue weighted by Gasteiger charge is 2.20. The van der Waals surface area contributed by atoms with Crippen molar-refractivity contribution in [2.45, 2.75) is 33.1 Å². The second-order valence-corrected chi connectivity index (χ2v) is 8.52. The lowest BCUT2D eigenvalue weighted by Crippen LogP contribution is -2.11. The molecule has 5 heteroatoms. The van der Waals surface area contributed by atoms with E-state index in [2.05, 4.69) is 38.2 Å². The summed E-state index contributed by atoms with van der Waals surface area (Å²) in [4.78, 5) is 13.3. The van der Waals surface area contributed by atoms with E-state index in [1.807, 2.05) is 37.3 Å². The number of fused-ring (bicyclic) bond motifs is 1. The number of ether oxygens (including phenoxy) is 1. The molecule has 1 amide bonds. The summed E-state index contributed by atoms with van der Waals surface area (Å²) in [7, 11) is 0. The van der Waals surface area contributed by atoms with Crippen molar-refractivity contribution in [3.63, 3.8) is 0 Å². The van der Waals surface area contributed by atoms with Crippen LogP contribution in [0.2, 0.25) is 5.02 Å². The summed E-state index contributed by atoms with van der Waals surface area (Å²) in [6.07, 6.45) is 0. The summed E-state index contributed by atoms with van der Waals surface area (Å²) in [5, 5.41) is 4.33. The first-order valence-corrected chi connectivity index (χ1v) is 9.76. The lowest BCUT2D eigenvalue weighted by atomic mass is 9.87. The summed E-state index contributed by atoms with van der Waals surface area (Å²) < 4.78 is 6.59. The Balaban J connectivity index is 1.95. The van der Waals surface area contributed by atoms with Gasteiger partial charge in [0.25, 0.3) is 5.91 Å². The van der Waals surface area contributed by atoms with E-state index >= 15 is 0 Å². The number of halogens is 1. The molecule has 0 atom stereocenters. The molecule has 1 aromatic heterocycles. The molecule has 0 spiro atoms. The summed E-state index contributed by atoms with van der Waals surface area (Å²) >= 11 is 7.92. The highest BCUT2D eigenvalue weighted by atomic mass is 35.5. The van der Waals surface area contributed by atoms with Gasteiger partial charge in [-0.2, -0.15) is 0 Å². The predicted molar refractivity (Wildman–Crippen MR) is 111 cm³/mol. The van der Waals surface area contributed by atoms with Crippen LogP contribution in [0.5, 0.6) is 5.75 Å². The Morgan fingerprint density at radius 2 is 1.92 bits per heavy atom. The van der Waals surface area contributed by atoms with Crippen molar-refractivity contribution in [1.29, 1.82) is 0 Å². The van der Waals surface area contributed by atoms with E-state index in [1.165, 1.54) is 16.9 Å². The first-order valence-electron chi connectivity index (χ1n) is 8.57. The fourth-order valence-electron chi connectivity index (χ4n) is 2.71. The third kappa shape index (κ3) is 3.71. The number of carbonyl (C=O) groups is 1. The highest BCUT2D eigenvalue weighted by molar-refractivity contribution is 7.21. The van der Waals surface area contributed by atoms with E-state index in [1.54, 1.807) is 0 Å². The fraction of sp³-hybridized carbons (Fsp3) is 0.286. The first-order chi connectivity index (χ1) is 12.3. The van der Waals surface area contributed by atoms with E-state index < -0.39 is 0 Å². The number of amides is 1. The van der Waals surface area contributed by atoms with Gasteiger partial charge in [0.05, 0.1) is 17.3 Å². The summed E-state index contributed by atoms with van der Waals surface area (Å²) in [6, 6.07) is 13.6. The fourth-order valence-corrected chi connectivity index (χ4v) is 4.16. The lowest BCUT2D eigenvalue weighted by molar-refractivity contribution is 0.103. The van der Waals surface area contributed by atoms with Gasteiger partial charge in [-0.15, -0.1) is 11.3 Å². The van der Waals surface area contributed by atoms with Crippen LogP contribution in [-0.2, 0) is 5.41 Å². The van der Waals surface area contributed by atoms with Crippen molar-refractivity contribution >= 4 is 44.6 Å². The van der Waals surface area contributed by atoms with E-state index in [0.717, 1.165) is 10.1 Å². The maximum Gasteiger partial charge on any atom is 0.267 e. The summed E-state index contributed by atoms with van der Waals surface area (Å²) in [5.41, 5.74) is 1.91. The number of para-hydroxylation sites is 2. The maximum absolute atomic E-state index is 12.8. The average molecular weight is 388 g/mol. The molecule has 136 valence electrons. The monoisotopic (exact) mass is 387 g/mol. The molecule has 2 aromatic carbocycles. The van der Waals surface area contributed by atoms with Crippen molar-refractivity contribution in [1.82, 2.24) is 0 Å². The number of rotatable bonds is 4. The van der Waals surface area contributed by atoms with Crippen LogP contribution in [0.1, 0.15) is 42.9 Å². The number of benzene rings is 2. The lowest BCUT2D eigenvalue weighted by Gasteiger charge is -2.18. The molecule has 1 heterocycles. The van der Waals surface area contributed by atoms with E-state index in [-0.39, 0.29) is 11.3 Å². The molecule has 1 N–H and O–H groups in total. The Kier molecular flexibility index (Phi) is 5.26. The zero-order chi connectivity index (χ0) is 18.9. The zero-order valence-electron chi connectivity index (χ0n) is 15.4. The number of hydrogen-bond donors (Lipinski definition) is 1. The zero-order valence-corrected chi connectivity index (χ0v) is 16.9. The third-order valence-corrected chi connectivity index (χ3v) is 5.79. The van der Waals surface area contributed by atoms with Crippen LogP contribution in [-0.4, -0.2) is 12.5 Å². The first kappa shape index (κ1) is 18.7. The summed E-state index contributed by atoms with van der Waals surface area (Å²) in [6.45, 7) is 8.95. The predicted octanol–water partition coefficient (Wildman–Crippen LogP) is 6.50. The van der Waals surface area contributed by atoms with Gasteiger partial charge in [0.15, 0.2) is 0 Å². The van der Waals surface area contributed by atoms with Crippen LogP contribution in [0, 0.1) is 0 Å². The Morgan fingerprint density at radius 3 is 2.62 bits per heavy atom. The molecule has 26 heavy (non-hydrogen) atoms. The molecule has 0 aliphatic rings. The minimum absolute atomic E-state index is 0.0451. The molecule has 3 aromatic rings. The molecule has 0 bridgehead atoms. The molecular weight excluding hydrogens is 366 g/mol. The summed E-state index contributed by atoms with van der Waals surface area (Å²) in [5.74, 6) is 0.427. The number of hydrogen-bond acceptors (Lipinski definition) is 3. The van der Waals surface area contributed by atoms with Crippen LogP contribution < -0.4 is 10.1 Å². The van der Waals surface area contributed by atoms with Crippen LogP contribution in [0.3, 0.4) is 0 Å². The van der Waals surface area contributed by atoms with Crippen molar-refractivity contribution in [2.75, 3.05) is 11.9 Å². The standard InChI is InChI=1S/C21H22ClNO2S/c1-5-25-16-9-7-6-8-15(16)23-20(24)19-18(22)14-11-10-13(21(2,3)4)12-17(14)26-19/h6-12H,5H2,1-4H3,(H,23,24). The van der Waals surface area contributed by atoms with E-state index in [0.29, 0.717) is 27.9 Å². The smallest absolute Gasteiger partial charge is 0.267 e. The van der Waals surface area contributed by atoms with Gasteiger partial charge >= 0.3 is 0 Å². The Labute approximate surface area is 162 Å². The number of nitrogens with one attached hydrogen (secondary N) is 1. The minimum atomic E-state index is -0.222. The SMILES string of the molecule is CCOc1ccccc1NC(=O)c1sc2cc(C(C)(C)C)ccc2c1Cl. The van der Waals surface area contributed by atoms with Gasteiger partial charge in [-0.1, -0.05) is 56.6 Å². The van der Waals surface area contributed by atoms with Gasteiger partial charge in [0.1, 0.15) is 10.6 Å². The highest BCUT2D eigenvalue weighted by Crippen LogP contribution is 2.38. The van der Waals surface area contributed by atoms with Gasteiger partial charge < -0.3 is 10.1 Å². The molecule has 0 radical (unpaired) electrons. The Bertz CT molecular complexity index is 956. The van der Waals surface area contributed by atoms with Crippen molar-refractivity contribution in [3.05, 3.63) is 57.9 Å². The van der Waals surface area contributed by atoms with Crippen LogP contribution >= 0.6 is 22.9 Å². The van der Waals surface area contributed by atoms with Crippen molar-refractivity contribution < 1.29 is 9.53 Å². The third-order valence-electron chi connectivity index (χ3n) is 4.14. The Morgan fingerprint density at radius 1 is 1.19 bits per heavy atom. The molecule has 0 unspecified atom stereocenters. The van der Waals surface area contributed by atoms with Gasteiger partial charge in [0.2, 0.25) is 0 Å². The van der Waals surface area contributed by atoms with Crippen molar-refractivity contribution in [2.24, 2.45) is 0 Å². The number of anilines is 1. The topological polar surface area (TPSA) is 38.3 Å². The second kappa shape index (κ2) is 7.29. The minimum Gasteiger partial charge on any atom is -0.492 e. The van der Waals surface area contributed by atoms with Crippen LogP contribution in [0.25, 0.3) is 10.1 Å². The van der Waals surface area contributed by atoms with Gasteiger partial charge in [-0.3, -0.25) is 4.79 Å². The number of thiophene rings is 1.